The normalized spacial score (nSPS) is 10.3. The van der Waals surface area contributed by atoms with E-state index in [0.717, 1.165) is 22.8 Å². The van der Waals surface area contributed by atoms with Gasteiger partial charge in [0.05, 0.1) is 0 Å². The van der Waals surface area contributed by atoms with Gasteiger partial charge in [-0.15, -0.1) is 0 Å². The number of carbonyl (C=O) groups is 1. The van der Waals surface area contributed by atoms with Crippen molar-refractivity contribution in [2.24, 2.45) is 7.05 Å². The molecule has 1 N–H and O–H groups in total. The maximum absolute atomic E-state index is 11.3. The van der Waals surface area contributed by atoms with Crippen molar-refractivity contribution in [3.63, 3.8) is 0 Å². The fraction of sp³-hybridized carbons (Fsp3) is 0.333. The number of aryl methyl sites for hydroxylation is 2. The van der Waals surface area contributed by atoms with Crippen LogP contribution in [0.1, 0.15) is 24.7 Å². The van der Waals surface area contributed by atoms with Gasteiger partial charge in [-0.1, -0.05) is 6.92 Å². The van der Waals surface area contributed by atoms with E-state index in [0.29, 0.717) is 13.0 Å². The van der Waals surface area contributed by atoms with Gasteiger partial charge in [-0.25, -0.2) is 0 Å². The molecule has 0 atom stereocenters. The fourth-order valence-electron chi connectivity index (χ4n) is 1.75. The van der Waals surface area contributed by atoms with E-state index in [-0.39, 0.29) is 5.91 Å². The Hall–Kier alpha value is -2.30. The molecule has 1 aromatic carbocycles. The molecule has 0 bridgehead atoms. The number of hydrogen-bond donors (Lipinski definition) is 1. The first kappa shape index (κ1) is 14.1. The maximum Gasteiger partial charge on any atom is 0.224 e. The van der Waals surface area contributed by atoms with Crippen molar-refractivity contribution >= 4 is 11.6 Å². The first-order valence-corrected chi connectivity index (χ1v) is 6.60. The average molecular weight is 273 g/mol. The summed E-state index contributed by atoms with van der Waals surface area (Å²) in [6, 6.07) is 9.32. The number of nitrogens with zero attached hydrogens (tertiary/aromatic N) is 2. The fourth-order valence-corrected chi connectivity index (χ4v) is 1.75. The molecule has 0 spiro atoms. The van der Waals surface area contributed by atoms with Crippen LogP contribution in [0.2, 0.25) is 0 Å². The minimum atomic E-state index is 0.00243. The van der Waals surface area contributed by atoms with E-state index in [9.17, 15) is 4.79 Å². The van der Waals surface area contributed by atoms with Gasteiger partial charge in [0.25, 0.3) is 0 Å². The Kier molecular flexibility index (Phi) is 4.40. The molecular formula is C15H19N3O2. The smallest absolute Gasteiger partial charge is 0.224 e. The van der Waals surface area contributed by atoms with Crippen LogP contribution in [0.25, 0.3) is 0 Å². The standard InChI is InChI=1S/C15H19N3O2/c1-4-15(19)16-12-5-7-14(8-6-12)20-10-13-9-11(2)18(3)17-13/h5-9H,4,10H2,1-3H3,(H,16,19). The van der Waals surface area contributed by atoms with Crippen LogP contribution in [-0.4, -0.2) is 15.7 Å². The van der Waals surface area contributed by atoms with E-state index >= 15 is 0 Å². The van der Waals surface area contributed by atoms with Gasteiger partial charge in [0.1, 0.15) is 18.1 Å². The lowest BCUT2D eigenvalue weighted by molar-refractivity contribution is -0.115. The lowest BCUT2D eigenvalue weighted by Gasteiger charge is -2.06. The van der Waals surface area contributed by atoms with Crippen LogP contribution in [0, 0.1) is 6.92 Å². The van der Waals surface area contributed by atoms with E-state index in [2.05, 4.69) is 10.4 Å². The van der Waals surface area contributed by atoms with Gasteiger partial charge in [0.2, 0.25) is 5.91 Å². The molecule has 20 heavy (non-hydrogen) atoms. The molecule has 0 aliphatic rings. The summed E-state index contributed by atoms with van der Waals surface area (Å²) in [6.45, 7) is 4.26. The second-order valence-corrected chi connectivity index (χ2v) is 4.62. The van der Waals surface area contributed by atoms with E-state index in [1.54, 1.807) is 0 Å². The number of rotatable bonds is 5. The van der Waals surface area contributed by atoms with Crippen molar-refractivity contribution in [3.8, 4) is 5.75 Å². The van der Waals surface area contributed by atoms with Crippen molar-refractivity contribution in [2.45, 2.75) is 26.9 Å². The Bertz CT molecular complexity index is 568. The zero-order chi connectivity index (χ0) is 14.5. The molecule has 2 rings (SSSR count). The van der Waals surface area contributed by atoms with Gasteiger partial charge < -0.3 is 10.1 Å². The zero-order valence-electron chi connectivity index (χ0n) is 12.0. The molecule has 0 fully saturated rings. The summed E-state index contributed by atoms with van der Waals surface area (Å²) in [5.74, 6) is 0.755. The highest BCUT2D eigenvalue weighted by Crippen LogP contribution is 2.17. The van der Waals surface area contributed by atoms with Gasteiger partial charge in [0.15, 0.2) is 0 Å². The van der Waals surface area contributed by atoms with Gasteiger partial charge in [-0.2, -0.15) is 5.10 Å². The minimum Gasteiger partial charge on any atom is -0.487 e. The first-order valence-electron chi connectivity index (χ1n) is 6.60. The van der Waals surface area contributed by atoms with Crippen LogP contribution in [0.5, 0.6) is 5.75 Å². The number of carbonyl (C=O) groups excluding carboxylic acids is 1. The van der Waals surface area contributed by atoms with Crippen molar-refractivity contribution in [3.05, 3.63) is 41.7 Å². The number of benzene rings is 1. The molecule has 5 nitrogen and oxygen atoms in total. The van der Waals surface area contributed by atoms with E-state index in [1.165, 1.54) is 0 Å². The molecule has 0 aliphatic heterocycles. The minimum absolute atomic E-state index is 0.00243. The lowest BCUT2D eigenvalue weighted by atomic mass is 10.3. The summed E-state index contributed by atoms with van der Waals surface area (Å²) >= 11 is 0. The monoisotopic (exact) mass is 273 g/mol. The summed E-state index contributed by atoms with van der Waals surface area (Å²) in [6.07, 6.45) is 0.470. The number of ether oxygens (including phenoxy) is 1. The summed E-state index contributed by atoms with van der Waals surface area (Å²) in [5.41, 5.74) is 2.77. The summed E-state index contributed by atoms with van der Waals surface area (Å²) in [4.78, 5) is 11.3. The number of amides is 1. The molecule has 2 aromatic rings. The van der Waals surface area contributed by atoms with Gasteiger partial charge in [-0.05, 0) is 37.3 Å². The number of anilines is 1. The quantitative estimate of drug-likeness (QED) is 0.911. The van der Waals surface area contributed by atoms with Crippen LogP contribution in [0.15, 0.2) is 30.3 Å². The second kappa shape index (κ2) is 6.23. The first-order chi connectivity index (χ1) is 9.58. The molecule has 5 heteroatoms. The highest BCUT2D eigenvalue weighted by Gasteiger charge is 2.03. The van der Waals surface area contributed by atoms with Gasteiger partial charge >= 0.3 is 0 Å². The van der Waals surface area contributed by atoms with Crippen molar-refractivity contribution in [2.75, 3.05) is 5.32 Å². The van der Waals surface area contributed by atoms with Crippen LogP contribution < -0.4 is 10.1 Å². The van der Waals surface area contributed by atoms with E-state index in [1.807, 2.05) is 55.9 Å². The SMILES string of the molecule is CCC(=O)Nc1ccc(OCc2cc(C)n(C)n2)cc1. The molecule has 1 aromatic heterocycles. The molecule has 1 amide bonds. The number of aromatic nitrogens is 2. The van der Waals surface area contributed by atoms with Crippen molar-refractivity contribution < 1.29 is 9.53 Å². The number of hydrogen-bond acceptors (Lipinski definition) is 3. The maximum atomic E-state index is 11.3. The largest absolute Gasteiger partial charge is 0.487 e. The van der Waals surface area contributed by atoms with Crippen LogP contribution in [0.3, 0.4) is 0 Å². The average Bonchev–Trinajstić information content (AvgIpc) is 2.77. The summed E-state index contributed by atoms with van der Waals surface area (Å²) < 4.78 is 7.48. The molecule has 1 heterocycles. The summed E-state index contributed by atoms with van der Waals surface area (Å²) in [7, 11) is 1.91. The third-order valence-electron chi connectivity index (χ3n) is 3.01. The molecule has 0 saturated carbocycles. The van der Waals surface area contributed by atoms with Gasteiger partial charge in [-0.3, -0.25) is 9.48 Å². The topological polar surface area (TPSA) is 56.1 Å². The van der Waals surface area contributed by atoms with E-state index in [4.69, 9.17) is 4.74 Å². The highest BCUT2D eigenvalue weighted by atomic mass is 16.5. The Morgan fingerprint density at radius 3 is 2.60 bits per heavy atom. The molecule has 0 radical (unpaired) electrons. The predicted octanol–water partition coefficient (Wildman–Crippen LogP) is 2.66. The van der Waals surface area contributed by atoms with Gasteiger partial charge in [0, 0.05) is 24.8 Å². The Labute approximate surface area is 118 Å². The van der Waals surface area contributed by atoms with Crippen molar-refractivity contribution in [1.29, 1.82) is 0 Å². The highest BCUT2D eigenvalue weighted by molar-refractivity contribution is 5.90. The predicted molar refractivity (Wildman–Crippen MR) is 77.6 cm³/mol. The third-order valence-corrected chi connectivity index (χ3v) is 3.01. The van der Waals surface area contributed by atoms with Crippen LogP contribution in [-0.2, 0) is 18.4 Å². The molecular weight excluding hydrogens is 254 g/mol. The summed E-state index contributed by atoms with van der Waals surface area (Å²) in [5, 5.41) is 7.12. The van der Waals surface area contributed by atoms with Crippen LogP contribution in [0.4, 0.5) is 5.69 Å². The Morgan fingerprint density at radius 1 is 1.35 bits per heavy atom. The Balaban J connectivity index is 1.92. The second-order valence-electron chi connectivity index (χ2n) is 4.62. The van der Waals surface area contributed by atoms with E-state index < -0.39 is 0 Å². The zero-order valence-corrected chi connectivity index (χ0v) is 12.0. The van der Waals surface area contributed by atoms with Crippen LogP contribution >= 0.6 is 0 Å². The molecule has 0 aliphatic carbocycles. The Morgan fingerprint density at radius 2 is 2.05 bits per heavy atom. The lowest BCUT2D eigenvalue weighted by Crippen LogP contribution is -2.09. The number of nitrogens with one attached hydrogen (secondary N) is 1. The third kappa shape index (κ3) is 3.60. The van der Waals surface area contributed by atoms with Crippen molar-refractivity contribution in [1.82, 2.24) is 9.78 Å². The molecule has 106 valence electrons. The molecule has 0 unspecified atom stereocenters. The molecule has 0 saturated heterocycles.